The van der Waals surface area contributed by atoms with Crippen molar-refractivity contribution in [2.45, 2.75) is 26.2 Å². The topological polar surface area (TPSA) is 15.5 Å². The van der Waals surface area contributed by atoms with Crippen molar-refractivity contribution in [1.29, 1.82) is 0 Å². The molecule has 10 aliphatic rings. The highest BCUT2D eigenvalue weighted by atomic mass is 14.9. The molecule has 2 aromatic carbocycles. The zero-order valence-electron chi connectivity index (χ0n) is 23.6. The highest BCUT2D eigenvalue weighted by molar-refractivity contribution is 5.68. The fourth-order valence-electron chi connectivity index (χ4n) is 5.42. The predicted molar refractivity (Wildman–Crippen MR) is 164 cm³/mol. The molecular weight excluding hydrogens is 512 g/mol. The summed E-state index contributed by atoms with van der Waals surface area (Å²) in [6.45, 7) is 3.41. The molecule has 0 atom stereocenters. The zero-order chi connectivity index (χ0) is 28.1. The first kappa shape index (κ1) is 25.7. The van der Waals surface area contributed by atoms with Gasteiger partial charge in [0.1, 0.15) is 0 Å². The molecule has 12 bridgehead atoms. The standard InChI is InChI=1S/C38H34N4/c1-2-32-13-21-40(22-14-32)28-34-5-9-36(10-6-34)30-42-25-17-38(18-26-42)37-15-23-41(24-16-37)29-35-7-3-33(4-8-35)27-39-19-11-31(1)12-20-39/h1-26H,27-30H2/q+4. The molecular formula is C38H34N4+4. The first-order valence-electron chi connectivity index (χ1n) is 14.5. The van der Waals surface area contributed by atoms with Crippen molar-refractivity contribution in [1.82, 2.24) is 0 Å². The molecule has 10 aliphatic heterocycles. The molecule has 42 heavy (non-hydrogen) atoms. The summed E-state index contributed by atoms with van der Waals surface area (Å²) in [5.74, 6) is 0. The van der Waals surface area contributed by atoms with Crippen LogP contribution < -0.4 is 18.3 Å². The molecule has 0 saturated heterocycles. The lowest BCUT2D eigenvalue weighted by molar-refractivity contribution is -0.689. The van der Waals surface area contributed by atoms with Gasteiger partial charge in [-0.3, -0.25) is 0 Å². The highest BCUT2D eigenvalue weighted by Gasteiger charge is 2.10. The SMILES string of the molecule is C1=Cc2cc[n+](cc2)Cc2ccc(cc2)C[n+]2ccc(cc2)-c2cc[n+](cc2)Cc2ccc(cc2)C[n+]2ccc1cc2. The molecule has 6 aromatic rings. The van der Waals surface area contributed by atoms with Crippen LogP contribution in [0.5, 0.6) is 0 Å². The van der Waals surface area contributed by atoms with Crippen molar-refractivity contribution in [3.63, 3.8) is 0 Å². The molecule has 4 aromatic heterocycles. The van der Waals surface area contributed by atoms with Crippen LogP contribution >= 0.6 is 0 Å². The van der Waals surface area contributed by atoms with E-state index in [1.807, 2.05) is 0 Å². The van der Waals surface area contributed by atoms with Gasteiger partial charge in [-0.2, -0.15) is 0 Å². The summed E-state index contributed by atoms with van der Waals surface area (Å²) in [4.78, 5) is 0. The summed E-state index contributed by atoms with van der Waals surface area (Å²) in [5.41, 5.74) is 10.0. The van der Waals surface area contributed by atoms with Crippen LogP contribution in [0.1, 0.15) is 33.4 Å². The maximum absolute atomic E-state index is 2.24. The Morgan fingerprint density at radius 2 is 0.524 bits per heavy atom. The Bertz CT molecular complexity index is 1660. The lowest BCUT2D eigenvalue weighted by Gasteiger charge is -2.04. The number of pyridine rings is 4. The van der Waals surface area contributed by atoms with Gasteiger partial charge in [0.2, 0.25) is 0 Å². The zero-order valence-corrected chi connectivity index (χ0v) is 23.6. The Morgan fingerprint density at radius 3 is 0.786 bits per heavy atom. The van der Waals surface area contributed by atoms with E-state index in [0.717, 1.165) is 26.2 Å². The third-order valence-corrected chi connectivity index (χ3v) is 7.92. The summed E-state index contributed by atoms with van der Waals surface area (Å²) in [6.07, 6.45) is 21.6. The lowest BCUT2D eigenvalue weighted by atomic mass is 10.1. The van der Waals surface area contributed by atoms with Gasteiger partial charge in [-0.25, -0.2) is 18.3 Å². The van der Waals surface area contributed by atoms with Gasteiger partial charge in [-0.05, 0) is 22.3 Å². The quantitative estimate of drug-likeness (QED) is 0.233. The highest BCUT2D eigenvalue weighted by Crippen LogP contribution is 2.16. The molecule has 16 rings (SSSR count). The molecule has 0 N–H and O–H groups in total. The number of hydrogen-bond acceptors (Lipinski definition) is 0. The van der Waals surface area contributed by atoms with E-state index in [2.05, 4.69) is 177 Å². The average Bonchev–Trinajstić information content (AvgIpc) is 3.04. The Kier molecular flexibility index (Phi) is 7.18. The maximum Gasteiger partial charge on any atom is 0.173 e. The van der Waals surface area contributed by atoms with Crippen LogP contribution in [-0.4, -0.2) is 0 Å². The van der Waals surface area contributed by atoms with E-state index in [1.165, 1.54) is 44.5 Å². The molecule has 0 aliphatic carbocycles. The van der Waals surface area contributed by atoms with Gasteiger partial charge in [0, 0.05) is 70.8 Å². The van der Waals surface area contributed by atoms with Crippen molar-refractivity contribution in [3.05, 3.63) is 180 Å². The van der Waals surface area contributed by atoms with Crippen LogP contribution in [0.2, 0.25) is 0 Å². The van der Waals surface area contributed by atoms with Gasteiger partial charge in [-0.15, -0.1) is 0 Å². The molecule has 202 valence electrons. The van der Waals surface area contributed by atoms with Gasteiger partial charge < -0.3 is 0 Å². The largest absolute Gasteiger partial charge is 0.201 e. The van der Waals surface area contributed by atoms with Gasteiger partial charge in [0.05, 0.1) is 0 Å². The van der Waals surface area contributed by atoms with Crippen molar-refractivity contribution < 1.29 is 18.3 Å². The lowest BCUT2D eigenvalue weighted by Crippen LogP contribution is -2.34. The van der Waals surface area contributed by atoms with Crippen molar-refractivity contribution >= 4 is 12.2 Å². The molecule has 0 fully saturated rings. The Morgan fingerprint density at radius 1 is 0.286 bits per heavy atom. The summed E-state index contributed by atoms with van der Waals surface area (Å²) in [5, 5.41) is 0. The van der Waals surface area contributed by atoms with E-state index in [9.17, 15) is 0 Å². The third kappa shape index (κ3) is 6.24. The van der Waals surface area contributed by atoms with Crippen LogP contribution in [0.4, 0.5) is 0 Å². The molecule has 14 heterocycles. The van der Waals surface area contributed by atoms with Crippen LogP contribution in [0, 0.1) is 0 Å². The fourth-order valence-corrected chi connectivity index (χ4v) is 5.42. The maximum atomic E-state index is 2.24. The molecule has 0 saturated carbocycles. The van der Waals surface area contributed by atoms with Crippen LogP contribution in [0.3, 0.4) is 0 Å². The summed E-state index contributed by atoms with van der Waals surface area (Å²) in [7, 11) is 0. The summed E-state index contributed by atoms with van der Waals surface area (Å²) in [6, 6.07) is 35.4. The average molecular weight is 547 g/mol. The Balaban J connectivity index is 1.16. The van der Waals surface area contributed by atoms with E-state index in [0.29, 0.717) is 0 Å². The molecule has 0 amide bonds. The first-order valence-corrected chi connectivity index (χ1v) is 14.5. The normalized spacial score (nSPS) is 12.8. The van der Waals surface area contributed by atoms with Crippen molar-refractivity contribution in [3.8, 4) is 11.1 Å². The number of rotatable bonds is 0. The predicted octanol–water partition coefficient (Wildman–Crippen LogP) is 5.18. The smallest absolute Gasteiger partial charge is 0.173 e. The molecule has 4 nitrogen and oxygen atoms in total. The van der Waals surface area contributed by atoms with Crippen molar-refractivity contribution in [2.24, 2.45) is 0 Å². The monoisotopic (exact) mass is 546 g/mol. The summed E-state index contributed by atoms with van der Waals surface area (Å²) < 4.78 is 8.92. The van der Waals surface area contributed by atoms with E-state index >= 15 is 0 Å². The Labute approximate surface area is 247 Å². The minimum absolute atomic E-state index is 0.851. The van der Waals surface area contributed by atoms with Gasteiger partial charge in [0.25, 0.3) is 0 Å². The molecule has 4 heteroatoms. The second-order valence-electron chi connectivity index (χ2n) is 11.1. The number of hydrogen-bond donors (Lipinski definition) is 0. The Hall–Kier alpha value is -5.22. The summed E-state index contributed by atoms with van der Waals surface area (Å²) >= 11 is 0. The van der Waals surface area contributed by atoms with Crippen LogP contribution in [0.15, 0.2) is 147 Å². The van der Waals surface area contributed by atoms with Gasteiger partial charge in [-0.1, -0.05) is 60.7 Å². The first-order chi connectivity index (χ1) is 20.7. The second kappa shape index (κ2) is 11.7. The van der Waals surface area contributed by atoms with Gasteiger partial charge in [0.15, 0.2) is 75.8 Å². The van der Waals surface area contributed by atoms with E-state index < -0.39 is 0 Å². The van der Waals surface area contributed by atoms with Crippen LogP contribution in [0.25, 0.3) is 23.3 Å². The fraction of sp³-hybridized carbons (Fsp3) is 0.105. The van der Waals surface area contributed by atoms with Crippen molar-refractivity contribution in [2.75, 3.05) is 0 Å². The van der Waals surface area contributed by atoms with E-state index in [4.69, 9.17) is 0 Å². The van der Waals surface area contributed by atoms with Gasteiger partial charge >= 0.3 is 0 Å². The third-order valence-electron chi connectivity index (χ3n) is 7.92. The van der Waals surface area contributed by atoms with Crippen LogP contribution in [-0.2, 0) is 26.2 Å². The number of nitrogens with zero attached hydrogens (tertiary/aromatic N) is 4. The minimum Gasteiger partial charge on any atom is -0.201 e. The molecule has 0 spiro atoms. The minimum atomic E-state index is 0.851. The second-order valence-corrected chi connectivity index (χ2v) is 11.1. The van der Waals surface area contributed by atoms with E-state index in [-0.39, 0.29) is 0 Å². The number of aromatic nitrogens is 4. The van der Waals surface area contributed by atoms with E-state index in [1.54, 1.807) is 0 Å². The number of benzene rings is 2. The molecule has 0 radical (unpaired) electrons. The molecule has 0 unspecified atom stereocenters.